The number of fused-ring (bicyclic) bond motifs is 1. The van der Waals surface area contributed by atoms with Gasteiger partial charge in [-0.1, -0.05) is 12.1 Å². The van der Waals surface area contributed by atoms with E-state index in [0.717, 1.165) is 11.1 Å². The van der Waals surface area contributed by atoms with Crippen molar-refractivity contribution in [2.45, 2.75) is 26.6 Å². The number of aromatic nitrogens is 2. The van der Waals surface area contributed by atoms with E-state index in [0.29, 0.717) is 24.4 Å². The Bertz CT molecular complexity index is 955. The number of halogens is 2. The normalized spacial score (nSPS) is 11.5. The van der Waals surface area contributed by atoms with Gasteiger partial charge in [0, 0.05) is 25.4 Å². The van der Waals surface area contributed by atoms with Crippen LogP contribution < -0.4 is 10.3 Å². The van der Waals surface area contributed by atoms with Crippen molar-refractivity contribution in [2.24, 2.45) is 0 Å². The summed E-state index contributed by atoms with van der Waals surface area (Å²) in [5, 5.41) is 0. The van der Waals surface area contributed by atoms with Gasteiger partial charge in [-0.25, -0.2) is 4.98 Å². The van der Waals surface area contributed by atoms with Gasteiger partial charge in [-0.15, -0.1) is 0 Å². The Balaban J connectivity index is 1.70. The fourth-order valence-corrected chi connectivity index (χ4v) is 2.76. The molecule has 0 fully saturated rings. The van der Waals surface area contributed by atoms with E-state index < -0.39 is 6.61 Å². The zero-order valence-corrected chi connectivity index (χ0v) is 14.5. The molecular formula is C19H19F2N3O2. The molecule has 3 aromatic rings. The topological polar surface area (TPSA) is 46.8 Å². The van der Waals surface area contributed by atoms with Gasteiger partial charge in [-0.05, 0) is 49.4 Å². The van der Waals surface area contributed by atoms with Crippen LogP contribution in [0.4, 0.5) is 8.78 Å². The molecule has 26 heavy (non-hydrogen) atoms. The molecule has 3 rings (SSSR count). The first-order valence-corrected chi connectivity index (χ1v) is 8.12. The maximum absolute atomic E-state index is 12.2. The highest BCUT2D eigenvalue weighted by Gasteiger charge is 2.08. The van der Waals surface area contributed by atoms with Crippen LogP contribution in [0.25, 0.3) is 5.65 Å². The summed E-state index contributed by atoms with van der Waals surface area (Å²) in [6, 6.07) is 11.8. The highest BCUT2D eigenvalue weighted by atomic mass is 19.3. The number of hydrogen-bond acceptors (Lipinski definition) is 4. The Hall–Kier alpha value is -2.80. The highest BCUT2D eigenvalue weighted by Crippen LogP contribution is 2.16. The van der Waals surface area contributed by atoms with Gasteiger partial charge in [0.15, 0.2) is 0 Å². The number of pyridine rings is 1. The maximum atomic E-state index is 12.2. The monoisotopic (exact) mass is 359 g/mol. The minimum absolute atomic E-state index is 0.119. The second kappa shape index (κ2) is 7.61. The van der Waals surface area contributed by atoms with Crippen LogP contribution in [0.2, 0.25) is 0 Å². The van der Waals surface area contributed by atoms with E-state index in [-0.39, 0.29) is 11.3 Å². The molecule has 0 aliphatic heterocycles. The SMILES string of the molecule is Cc1ccn2c(=O)cc(CN(C)Cc3ccc(OC(F)F)cc3)nc2c1. The van der Waals surface area contributed by atoms with Crippen molar-refractivity contribution in [1.82, 2.24) is 14.3 Å². The Labute approximate surface area is 149 Å². The van der Waals surface area contributed by atoms with Crippen molar-refractivity contribution in [3.63, 3.8) is 0 Å². The molecule has 0 aliphatic carbocycles. The maximum Gasteiger partial charge on any atom is 0.387 e. The third-order valence-electron chi connectivity index (χ3n) is 3.91. The molecule has 0 spiro atoms. The molecule has 2 aromatic heterocycles. The van der Waals surface area contributed by atoms with Crippen LogP contribution in [0.3, 0.4) is 0 Å². The molecular weight excluding hydrogens is 340 g/mol. The minimum Gasteiger partial charge on any atom is -0.435 e. The van der Waals surface area contributed by atoms with Crippen LogP contribution in [0, 0.1) is 6.92 Å². The molecule has 136 valence electrons. The molecule has 5 nitrogen and oxygen atoms in total. The molecule has 2 heterocycles. The van der Waals surface area contributed by atoms with Gasteiger partial charge in [0.1, 0.15) is 11.4 Å². The molecule has 0 radical (unpaired) electrons. The summed E-state index contributed by atoms with van der Waals surface area (Å²) in [4.78, 5) is 18.7. The smallest absolute Gasteiger partial charge is 0.387 e. The van der Waals surface area contributed by atoms with Crippen LogP contribution in [-0.4, -0.2) is 27.9 Å². The van der Waals surface area contributed by atoms with Crippen molar-refractivity contribution >= 4 is 5.65 Å². The van der Waals surface area contributed by atoms with Crippen molar-refractivity contribution in [2.75, 3.05) is 7.05 Å². The molecule has 0 saturated heterocycles. The minimum atomic E-state index is -2.83. The molecule has 0 aliphatic rings. The van der Waals surface area contributed by atoms with Gasteiger partial charge >= 0.3 is 6.61 Å². The zero-order chi connectivity index (χ0) is 18.7. The predicted octanol–water partition coefficient (Wildman–Crippen LogP) is 3.24. The second-order valence-corrected chi connectivity index (χ2v) is 6.21. The summed E-state index contributed by atoms with van der Waals surface area (Å²) in [7, 11) is 1.91. The average molecular weight is 359 g/mol. The highest BCUT2D eigenvalue weighted by molar-refractivity contribution is 5.41. The van der Waals surface area contributed by atoms with E-state index >= 15 is 0 Å². The number of nitrogens with zero attached hydrogens (tertiary/aromatic N) is 3. The number of ether oxygens (including phenoxy) is 1. The van der Waals surface area contributed by atoms with Gasteiger partial charge in [0.25, 0.3) is 5.56 Å². The van der Waals surface area contributed by atoms with Crippen LogP contribution >= 0.6 is 0 Å². The number of benzene rings is 1. The third-order valence-corrected chi connectivity index (χ3v) is 3.91. The van der Waals surface area contributed by atoms with E-state index in [2.05, 4.69) is 9.72 Å². The average Bonchev–Trinajstić information content (AvgIpc) is 2.55. The lowest BCUT2D eigenvalue weighted by Crippen LogP contribution is -2.21. The molecule has 7 heteroatoms. The zero-order valence-electron chi connectivity index (χ0n) is 14.5. The lowest BCUT2D eigenvalue weighted by atomic mass is 10.2. The van der Waals surface area contributed by atoms with Gasteiger partial charge < -0.3 is 4.74 Å². The van der Waals surface area contributed by atoms with Crippen molar-refractivity contribution in [1.29, 1.82) is 0 Å². The number of hydrogen-bond donors (Lipinski definition) is 0. The Morgan fingerprint density at radius 1 is 1.15 bits per heavy atom. The standard InChI is InChI=1S/C19H19F2N3O2/c1-13-7-8-24-17(9-13)22-15(10-18(24)25)12-23(2)11-14-3-5-16(6-4-14)26-19(20)21/h3-10,19H,11-12H2,1-2H3. The van der Waals surface area contributed by atoms with Gasteiger partial charge in [-0.3, -0.25) is 14.1 Å². The first kappa shape index (κ1) is 18.0. The Morgan fingerprint density at radius 2 is 1.88 bits per heavy atom. The quantitative estimate of drug-likeness (QED) is 0.678. The number of alkyl halides is 2. The molecule has 1 aromatic carbocycles. The van der Waals surface area contributed by atoms with Crippen molar-refractivity contribution in [3.8, 4) is 5.75 Å². The summed E-state index contributed by atoms with van der Waals surface area (Å²) in [6.07, 6.45) is 1.72. The molecule has 0 saturated carbocycles. The fraction of sp³-hybridized carbons (Fsp3) is 0.263. The summed E-state index contributed by atoms with van der Waals surface area (Å²) < 4.78 is 30.2. The molecule has 0 bridgehead atoms. The molecule has 0 unspecified atom stereocenters. The Kier molecular flexibility index (Phi) is 5.27. The van der Waals surface area contributed by atoms with Crippen molar-refractivity contribution < 1.29 is 13.5 Å². The first-order valence-electron chi connectivity index (χ1n) is 8.12. The van der Waals surface area contributed by atoms with Gasteiger partial charge in [-0.2, -0.15) is 8.78 Å². The van der Waals surface area contributed by atoms with E-state index in [9.17, 15) is 13.6 Å². The number of aryl methyl sites for hydroxylation is 1. The molecule has 0 amide bonds. The summed E-state index contributed by atoms with van der Waals surface area (Å²) >= 11 is 0. The van der Waals surface area contributed by atoms with E-state index in [4.69, 9.17) is 0 Å². The third kappa shape index (κ3) is 4.43. The fourth-order valence-electron chi connectivity index (χ4n) is 2.76. The number of rotatable bonds is 6. The molecule has 0 atom stereocenters. The predicted molar refractivity (Wildman–Crippen MR) is 94.4 cm³/mol. The largest absolute Gasteiger partial charge is 0.435 e. The van der Waals surface area contributed by atoms with E-state index in [1.54, 1.807) is 18.3 Å². The van der Waals surface area contributed by atoms with Gasteiger partial charge in [0.2, 0.25) is 0 Å². The van der Waals surface area contributed by atoms with Crippen LogP contribution in [0.5, 0.6) is 5.75 Å². The Morgan fingerprint density at radius 3 is 2.58 bits per heavy atom. The van der Waals surface area contributed by atoms with E-state index in [1.165, 1.54) is 22.6 Å². The van der Waals surface area contributed by atoms with Crippen LogP contribution in [-0.2, 0) is 13.1 Å². The lowest BCUT2D eigenvalue weighted by Gasteiger charge is -2.17. The van der Waals surface area contributed by atoms with Crippen LogP contribution in [0.1, 0.15) is 16.8 Å². The summed E-state index contributed by atoms with van der Waals surface area (Å²) in [5.74, 6) is 0.131. The summed E-state index contributed by atoms with van der Waals surface area (Å²) in [5.41, 5.74) is 3.16. The van der Waals surface area contributed by atoms with Crippen LogP contribution in [0.15, 0.2) is 53.5 Å². The molecule has 0 N–H and O–H groups in total. The lowest BCUT2D eigenvalue weighted by molar-refractivity contribution is -0.0498. The van der Waals surface area contributed by atoms with Crippen molar-refractivity contribution in [3.05, 3.63) is 75.8 Å². The summed E-state index contributed by atoms with van der Waals surface area (Å²) in [6.45, 7) is 0.204. The van der Waals surface area contributed by atoms with Gasteiger partial charge in [0.05, 0.1) is 5.69 Å². The van der Waals surface area contributed by atoms with E-state index in [1.807, 2.05) is 31.0 Å². The second-order valence-electron chi connectivity index (χ2n) is 6.21. The first-order chi connectivity index (χ1) is 12.4.